The largest absolute Gasteiger partial charge is 0.287 e. The quantitative estimate of drug-likeness (QED) is 0.720. The van der Waals surface area contributed by atoms with Crippen LogP contribution in [0.3, 0.4) is 0 Å². The van der Waals surface area contributed by atoms with E-state index in [9.17, 15) is 4.79 Å². The summed E-state index contributed by atoms with van der Waals surface area (Å²) in [4.78, 5) is 14.8. The summed E-state index contributed by atoms with van der Waals surface area (Å²) < 4.78 is 1.41. The summed E-state index contributed by atoms with van der Waals surface area (Å²) >= 11 is 12.1. The SMILES string of the molecule is CCc1ccc(C(=O)c2cc(Br)c(Cl)s2)s1. The van der Waals surface area contributed by atoms with E-state index in [1.807, 2.05) is 12.1 Å². The smallest absolute Gasteiger partial charge is 0.212 e. The molecule has 2 heterocycles. The number of ketones is 1. The Morgan fingerprint density at radius 1 is 1.38 bits per heavy atom. The summed E-state index contributed by atoms with van der Waals surface area (Å²) in [7, 11) is 0. The molecule has 2 aromatic heterocycles. The Morgan fingerprint density at radius 3 is 2.62 bits per heavy atom. The molecule has 0 N–H and O–H groups in total. The Morgan fingerprint density at radius 2 is 2.12 bits per heavy atom. The van der Waals surface area contributed by atoms with Gasteiger partial charge >= 0.3 is 0 Å². The Balaban J connectivity index is 2.31. The number of rotatable bonds is 3. The fourth-order valence-electron chi connectivity index (χ4n) is 1.27. The van der Waals surface area contributed by atoms with Gasteiger partial charge in [0.25, 0.3) is 0 Å². The first-order valence-electron chi connectivity index (χ1n) is 4.70. The predicted molar refractivity (Wildman–Crippen MR) is 74.2 cm³/mol. The molecule has 0 unspecified atom stereocenters. The lowest BCUT2D eigenvalue weighted by Gasteiger charge is -1.91. The molecule has 0 radical (unpaired) electrons. The van der Waals surface area contributed by atoms with E-state index in [0.29, 0.717) is 9.21 Å². The highest BCUT2D eigenvalue weighted by Gasteiger charge is 2.15. The number of carbonyl (C=O) groups is 1. The third-order valence-electron chi connectivity index (χ3n) is 2.10. The standard InChI is InChI=1S/C11H8BrClOS2/c1-2-6-3-4-8(15-6)10(14)9-5-7(12)11(13)16-9/h3-5H,2H2,1H3. The van der Waals surface area contributed by atoms with Crippen molar-refractivity contribution in [3.05, 3.63) is 41.6 Å². The van der Waals surface area contributed by atoms with Crippen LogP contribution < -0.4 is 0 Å². The second-order valence-electron chi connectivity index (χ2n) is 3.18. The summed E-state index contributed by atoms with van der Waals surface area (Å²) in [5, 5.41) is 0. The van der Waals surface area contributed by atoms with Crippen LogP contribution in [-0.2, 0) is 6.42 Å². The summed E-state index contributed by atoms with van der Waals surface area (Å²) in [5.74, 6) is 0.0577. The third kappa shape index (κ3) is 2.40. The van der Waals surface area contributed by atoms with Crippen molar-refractivity contribution in [3.63, 3.8) is 0 Å². The first-order valence-corrected chi connectivity index (χ1v) is 7.50. The van der Waals surface area contributed by atoms with Gasteiger partial charge in [-0.05, 0) is 40.5 Å². The first kappa shape index (κ1) is 12.3. The maximum absolute atomic E-state index is 12.1. The van der Waals surface area contributed by atoms with Crippen molar-refractivity contribution < 1.29 is 4.79 Å². The van der Waals surface area contributed by atoms with Crippen LogP contribution in [0.15, 0.2) is 22.7 Å². The summed E-state index contributed by atoms with van der Waals surface area (Å²) in [5.41, 5.74) is 0. The molecule has 2 rings (SSSR count). The van der Waals surface area contributed by atoms with Gasteiger partial charge in [-0.25, -0.2) is 0 Å². The van der Waals surface area contributed by atoms with Gasteiger partial charge in [0, 0.05) is 9.35 Å². The van der Waals surface area contributed by atoms with Crippen LogP contribution in [0, 0.1) is 0 Å². The predicted octanol–water partition coefficient (Wildman–Crippen LogP) is 5.02. The van der Waals surface area contributed by atoms with E-state index in [2.05, 4.69) is 22.9 Å². The molecule has 0 aliphatic heterocycles. The lowest BCUT2D eigenvalue weighted by molar-refractivity contribution is 0.104. The normalized spacial score (nSPS) is 10.7. The van der Waals surface area contributed by atoms with Crippen molar-refractivity contribution in [1.29, 1.82) is 0 Å². The number of halogens is 2. The molecule has 1 nitrogen and oxygen atoms in total. The van der Waals surface area contributed by atoms with Gasteiger partial charge in [-0.2, -0.15) is 0 Å². The van der Waals surface area contributed by atoms with Gasteiger partial charge in [-0.1, -0.05) is 18.5 Å². The number of carbonyl (C=O) groups excluding carboxylic acids is 1. The number of aryl methyl sites for hydroxylation is 1. The number of hydrogen-bond acceptors (Lipinski definition) is 3. The monoisotopic (exact) mass is 334 g/mol. The van der Waals surface area contributed by atoms with Gasteiger partial charge in [0.1, 0.15) is 4.34 Å². The van der Waals surface area contributed by atoms with E-state index in [4.69, 9.17) is 11.6 Å². The molecule has 0 aliphatic rings. The average molecular weight is 336 g/mol. The maximum Gasteiger partial charge on any atom is 0.212 e. The molecule has 0 saturated heterocycles. The zero-order valence-corrected chi connectivity index (χ0v) is 12.4. The summed E-state index contributed by atoms with van der Waals surface area (Å²) in [6, 6.07) is 5.66. The van der Waals surface area contributed by atoms with E-state index >= 15 is 0 Å². The summed E-state index contributed by atoms with van der Waals surface area (Å²) in [6.45, 7) is 2.08. The molecule has 5 heteroatoms. The first-order chi connectivity index (χ1) is 7.61. The van der Waals surface area contributed by atoms with E-state index in [1.54, 1.807) is 17.4 Å². The molecular formula is C11H8BrClOS2. The molecule has 16 heavy (non-hydrogen) atoms. The van der Waals surface area contributed by atoms with Crippen molar-refractivity contribution in [2.45, 2.75) is 13.3 Å². The molecule has 0 bridgehead atoms. The van der Waals surface area contributed by atoms with Gasteiger partial charge in [0.2, 0.25) is 5.78 Å². The third-order valence-corrected chi connectivity index (χ3v) is 5.80. The van der Waals surface area contributed by atoms with Gasteiger partial charge in [0.15, 0.2) is 0 Å². The van der Waals surface area contributed by atoms with Crippen LogP contribution in [0.25, 0.3) is 0 Å². The fourth-order valence-corrected chi connectivity index (χ4v) is 3.89. The number of hydrogen-bond donors (Lipinski definition) is 0. The number of thiophene rings is 2. The zero-order chi connectivity index (χ0) is 11.7. The van der Waals surface area contributed by atoms with Gasteiger partial charge in [-0.15, -0.1) is 22.7 Å². The minimum atomic E-state index is 0.0577. The van der Waals surface area contributed by atoms with Crippen molar-refractivity contribution in [2.24, 2.45) is 0 Å². The van der Waals surface area contributed by atoms with E-state index in [1.165, 1.54) is 16.2 Å². The highest BCUT2D eigenvalue weighted by molar-refractivity contribution is 9.10. The van der Waals surface area contributed by atoms with Crippen molar-refractivity contribution in [1.82, 2.24) is 0 Å². The van der Waals surface area contributed by atoms with Crippen molar-refractivity contribution in [2.75, 3.05) is 0 Å². The van der Waals surface area contributed by atoms with Crippen LogP contribution in [-0.4, -0.2) is 5.78 Å². The van der Waals surface area contributed by atoms with Gasteiger partial charge in [0.05, 0.1) is 9.75 Å². The van der Waals surface area contributed by atoms with Crippen molar-refractivity contribution in [3.8, 4) is 0 Å². The molecule has 0 aliphatic carbocycles. The van der Waals surface area contributed by atoms with E-state index in [-0.39, 0.29) is 5.78 Å². The van der Waals surface area contributed by atoms with E-state index in [0.717, 1.165) is 15.8 Å². The minimum absolute atomic E-state index is 0.0577. The van der Waals surface area contributed by atoms with Gasteiger partial charge in [-0.3, -0.25) is 4.79 Å². The highest BCUT2D eigenvalue weighted by Crippen LogP contribution is 2.34. The molecule has 0 amide bonds. The maximum atomic E-state index is 12.1. The van der Waals surface area contributed by atoms with Crippen molar-refractivity contribution >= 4 is 56.0 Å². The highest BCUT2D eigenvalue weighted by atomic mass is 79.9. The molecular weight excluding hydrogens is 328 g/mol. The van der Waals surface area contributed by atoms with Crippen LogP contribution in [0.2, 0.25) is 4.34 Å². The van der Waals surface area contributed by atoms with Crippen LogP contribution >= 0.6 is 50.2 Å². The van der Waals surface area contributed by atoms with Crippen LogP contribution in [0.4, 0.5) is 0 Å². The average Bonchev–Trinajstić information content (AvgIpc) is 2.86. The molecule has 84 valence electrons. The minimum Gasteiger partial charge on any atom is -0.287 e. The molecule has 0 saturated carbocycles. The van der Waals surface area contributed by atoms with Crippen LogP contribution in [0.5, 0.6) is 0 Å². The topological polar surface area (TPSA) is 17.1 Å². The lowest BCUT2D eigenvalue weighted by Crippen LogP contribution is -1.93. The Labute approximate surface area is 115 Å². The Kier molecular flexibility index (Phi) is 3.85. The molecule has 2 aromatic rings. The molecule has 0 aromatic carbocycles. The Bertz CT molecular complexity index is 510. The zero-order valence-electron chi connectivity index (χ0n) is 8.42. The van der Waals surface area contributed by atoms with Crippen LogP contribution in [0.1, 0.15) is 26.3 Å². The molecule has 0 fully saturated rings. The lowest BCUT2D eigenvalue weighted by atomic mass is 10.2. The van der Waals surface area contributed by atoms with Gasteiger partial charge < -0.3 is 0 Å². The fraction of sp³-hybridized carbons (Fsp3) is 0.182. The Hall–Kier alpha value is -0.160. The molecule has 0 spiro atoms. The second kappa shape index (κ2) is 5.00. The van der Waals surface area contributed by atoms with E-state index < -0.39 is 0 Å². The summed E-state index contributed by atoms with van der Waals surface area (Å²) in [6.07, 6.45) is 0.965. The second-order valence-corrected chi connectivity index (χ2v) is 6.86. The molecule has 0 atom stereocenters.